The van der Waals surface area contributed by atoms with Gasteiger partial charge in [0.05, 0.1) is 11.1 Å². The lowest BCUT2D eigenvalue weighted by Gasteiger charge is -2.27. The summed E-state index contributed by atoms with van der Waals surface area (Å²) in [5.74, 6) is 0.0725. The molecule has 4 rings (SSSR count). The monoisotopic (exact) mass is 472 g/mol. The van der Waals surface area contributed by atoms with Crippen LogP contribution in [0.4, 0.5) is 36.8 Å². The summed E-state index contributed by atoms with van der Waals surface area (Å²) in [6.07, 6.45) is -9.78. The molecular weight excluding hydrogens is 450 g/mol. The van der Waals surface area contributed by atoms with E-state index in [2.05, 4.69) is 4.90 Å². The Labute approximate surface area is 186 Å². The Hall–Kier alpha value is -2.75. The first-order valence-electron chi connectivity index (χ1n) is 10.5. The molecule has 178 valence electrons. The van der Waals surface area contributed by atoms with E-state index in [0.717, 1.165) is 25.5 Å². The minimum Gasteiger partial charge on any atom is -0.444 e. The van der Waals surface area contributed by atoms with Crippen molar-refractivity contribution in [2.24, 2.45) is 5.92 Å². The van der Waals surface area contributed by atoms with Crippen molar-refractivity contribution in [2.45, 2.75) is 43.9 Å². The van der Waals surface area contributed by atoms with Crippen molar-refractivity contribution < 1.29 is 35.9 Å². The number of anilines is 1. The average molecular weight is 472 g/mol. The number of hydrogen-bond donors (Lipinski definition) is 0. The fourth-order valence-electron chi connectivity index (χ4n) is 4.66. The summed E-state index contributed by atoms with van der Waals surface area (Å²) in [5, 5.41) is 0. The number of carbonyl (C=O) groups is 1. The van der Waals surface area contributed by atoms with Crippen LogP contribution in [0.2, 0.25) is 0 Å². The van der Waals surface area contributed by atoms with Gasteiger partial charge in [-0.3, -0.25) is 9.80 Å². The lowest BCUT2D eigenvalue weighted by Crippen LogP contribution is -2.38. The van der Waals surface area contributed by atoms with Crippen LogP contribution in [0.5, 0.6) is 0 Å². The number of nitrogens with zero attached hydrogens (tertiary/aromatic N) is 2. The Bertz CT molecular complexity index is 976. The molecule has 0 spiro atoms. The van der Waals surface area contributed by atoms with Crippen LogP contribution in [0.15, 0.2) is 48.5 Å². The molecule has 2 fully saturated rings. The van der Waals surface area contributed by atoms with Gasteiger partial charge in [0, 0.05) is 37.8 Å². The summed E-state index contributed by atoms with van der Waals surface area (Å²) in [7, 11) is 1.11. The van der Waals surface area contributed by atoms with E-state index in [-0.39, 0.29) is 18.0 Å². The van der Waals surface area contributed by atoms with Crippen LogP contribution in [-0.4, -0.2) is 36.7 Å². The molecule has 1 aliphatic heterocycles. The zero-order valence-corrected chi connectivity index (χ0v) is 17.7. The number of amides is 1. The number of piperidine rings is 1. The Morgan fingerprint density at radius 1 is 1.00 bits per heavy atom. The molecule has 1 saturated heterocycles. The van der Waals surface area contributed by atoms with Crippen molar-refractivity contribution in [1.29, 1.82) is 0 Å². The highest BCUT2D eigenvalue weighted by Gasteiger charge is 2.49. The highest BCUT2D eigenvalue weighted by molar-refractivity contribution is 5.87. The summed E-state index contributed by atoms with van der Waals surface area (Å²) in [4.78, 5) is 15.6. The van der Waals surface area contributed by atoms with Gasteiger partial charge in [0.2, 0.25) is 0 Å². The van der Waals surface area contributed by atoms with E-state index >= 15 is 0 Å². The largest absolute Gasteiger partial charge is 0.444 e. The maximum absolute atomic E-state index is 13.2. The average Bonchev–Trinajstić information content (AvgIpc) is 3.28. The molecule has 1 amide bonds. The number of rotatable bonds is 4. The Kier molecular flexibility index (Phi) is 6.07. The minimum absolute atomic E-state index is 0.0291. The van der Waals surface area contributed by atoms with Crippen molar-refractivity contribution >= 4 is 11.8 Å². The van der Waals surface area contributed by atoms with Gasteiger partial charge in [0.1, 0.15) is 6.10 Å². The molecule has 0 aromatic heterocycles. The van der Waals surface area contributed by atoms with Crippen molar-refractivity contribution in [3.8, 4) is 0 Å². The first kappa shape index (κ1) is 23.4. The van der Waals surface area contributed by atoms with Crippen LogP contribution in [-0.2, 0) is 23.6 Å². The number of alkyl halides is 6. The Morgan fingerprint density at radius 3 is 2.18 bits per heavy atom. The van der Waals surface area contributed by atoms with Gasteiger partial charge >= 0.3 is 18.4 Å². The first-order valence-corrected chi connectivity index (χ1v) is 10.5. The highest BCUT2D eigenvalue weighted by Crippen LogP contribution is 2.42. The fraction of sp³-hybridized carbons (Fsp3) is 0.435. The maximum Gasteiger partial charge on any atom is 0.416 e. The van der Waals surface area contributed by atoms with Crippen molar-refractivity contribution in [1.82, 2.24) is 4.90 Å². The third kappa shape index (κ3) is 4.95. The maximum atomic E-state index is 13.2. The number of carbonyl (C=O) groups excluding carboxylic acids is 1. The molecule has 33 heavy (non-hydrogen) atoms. The quantitative estimate of drug-likeness (QED) is 0.515. The number of ether oxygens (including phenoxy) is 1. The number of halogens is 6. The summed E-state index contributed by atoms with van der Waals surface area (Å²) >= 11 is 0. The van der Waals surface area contributed by atoms with Gasteiger partial charge in [0.25, 0.3) is 0 Å². The van der Waals surface area contributed by atoms with Gasteiger partial charge in [0.15, 0.2) is 0 Å². The Morgan fingerprint density at radius 2 is 1.61 bits per heavy atom. The Balaban J connectivity index is 1.50. The predicted octanol–water partition coefficient (Wildman–Crippen LogP) is 5.96. The first-order chi connectivity index (χ1) is 15.4. The van der Waals surface area contributed by atoms with E-state index in [0.29, 0.717) is 30.1 Å². The van der Waals surface area contributed by atoms with Crippen LogP contribution in [0, 0.1) is 5.92 Å². The zero-order valence-electron chi connectivity index (χ0n) is 17.7. The van der Waals surface area contributed by atoms with E-state index in [1.54, 1.807) is 0 Å². The molecule has 2 aromatic carbocycles. The molecule has 3 unspecified atom stereocenters. The van der Waals surface area contributed by atoms with Crippen molar-refractivity contribution in [3.63, 3.8) is 0 Å². The summed E-state index contributed by atoms with van der Waals surface area (Å²) in [6.45, 7) is 1.39. The van der Waals surface area contributed by atoms with Gasteiger partial charge in [-0.15, -0.1) is 0 Å². The van der Waals surface area contributed by atoms with Gasteiger partial charge < -0.3 is 4.74 Å². The molecule has 0 radical (unpaired) electrons. The van der Waals surface area contributed by atoms with Crippen molar-refractivity contribution in [2.75, 3.05) is 18.5 Å². The molecule has 0 N–H and O–H groups in total. The van der Waals surface area contributed by atoms with Crippen LogP contribution < -0.4 is 4.90 Å². The van der Waals surface area contributed by atoms with Crippen LogP contribution >= 0.6 is 0 Å². The molecule has 1 aliphatic carbocycles. The van der Waals surface area contributed by atoms with Crippen LogP contribution in [0.3, 0.4) is 0 Å². The van der Waals surface area contributed by atoms with Gasteiger partial charge in [-0.25, -0.2) is 4.79 Å². The third-order valence-electron chi connectivity index (χ3n) is 6.31. The summed E-state index contributed by atoms with van der Waals surface area (Å²) in [5.41, 5.74) is -2.39. The van der Waals surface area contributed by atoms with Gasteiger partial charge in [-0.05, 0) is 36.6 Å². The normalized spacial score (nSPS) is 23.1. The van der Waals surface area contributed by atoms with E-state index in [1.807, 2.05) is 30.3 Å². The number of hydrogen-bond acceptors (Lipinski definition) is 3. The molecule has 2 aromatic rings. The topological polar surface area (TPSA) is 32.8 Å². The van der Waals surface area contributed by atoms with Crippen LogP contribution in [0.1, 0.15) is 29.5 Å². The second-order valence-corrected chi connectivity index (χ2v) is 8.49. The number of likely N-dealkylation sites (tertiary alicyclic amines) is 1. The predicted molar refractivity (Wildman–Crippen MR) is 108 cm³/mol. The lowest BCUT2D eigenvalue weighted by atomic mass is 10.1. The molecule has 10 heteroatoms. The molecule has 3 atom stereocenters. The zero-order chi connectivity index (χ0) is 24.0. The molecular formula is C23H22F6N2O2. The number of benzene rings is 2. The lowest BCUT2D eigenvalue weighted by molar-refractivity contribution is -0.143. The van der Waals surface area contributed by atoms with E-state index in [9.17, 15) is 31.1 Å². The molecule has 2 aliphatic rings. The van der Waals surface area contributed by atoms with E-state index < -0.39 is 41.4 Å². The molecule has 1 saturated carbocycles. The second kappa shape index (κ2) is 8.55. The highest BCUT2D eigenvalue weighted by atomic mass is 19.4. The molecule has 1 heterocycles. The standard InChI is InChI=1S/C23H22F6N2O2/c1-30(18-10-16(22(24,25)26)9-17(11-18)23(27,28)29)21(32)33-20-15-7-8-19(20)31(13-15)12-14-5-3-2-4-6-14/h2-6,9-11,15,19-20H,7-8,12-13H2,1H3. The summed E-state index contributed by atoms with van der Waals surface area (Å²) in [6, 6.07) is 10.8. The van der Waals surface area contributed by atoms with Gasteiger partial charge in [-0.1, -0.05) is 30.3 Å². The van der Waals surface area contributed by atoms with Crippen LogP contribution in [0.25, 0.3) is 0 Å². The van der Waals surface area contributed by atoms with Crippen molar-refractivity contribution in [3.05, 3.63) is 65.2 Å². The number of fused-ring (bicyclic) bond motifs is 2. The third-order valence-corrected chi connectivity index (χ3v) is 6.31. The minimum atomic E-state index is -5.00. The summed E-state index contributed by atoms with van der Waals surface area (Å²) < 4.78 is 84.5. The molecule has 4 nitrogen and oxygen atoms in total. The second-order valence-electron chi connectivity index (χ2n) is 8.49. The fourth-order valence-corrected chi connectivity index (χ4v) is 4.66. The SMILES string of the molecule is CN(C(=O)OC1C2CCC1N(Cc1ccccc1)C2)c1cc(C(F)(F)F)cc(C(F)(F)F)c1. The van der Waals surface area contributed by atoms with Gasteiger partial charge in [-0.2, -0.15) is 26.3 Å². The van der Waals surface area contributed by atoms with E-state index in [4.69, 9.17) is 4.74 Å². The smallest absolute Gasteiger partial charge is 0.416 e. The molecule has 2 bridgehead atoms. The van der Waals surface area contributed by atoms with E-state index in [1.165, 1.54) is 0 Å².